The van der Waals surface area contributed by atoms with E-state index in [-0.39, 0.29) is 50.2 Å². The molecule has 4 atom stereocenters. The van der Waals surface area contributed by atoms with Gasteiger partial charge in [0.25, 0.3) is 5.56 Å². The van der Waals surface area contributed by atoms with Gasteiger partial charge < -0.3 is 46.7 Å². The minimum absolute atomic E-state index is 0.0335. The molecule has 61 heavy (non-hydrogen) atoms. The SMILES string of the molecule is CC[C@@]1(O)C(=O)OCc2c1cc1n(c2=O)Cc2c-1nc1cc(F)c(C)c3c1c2[C@@H](NC(=O)[C@@H](C)CNC(=O)CNC(=O)[C@H](Cc1ccccc1)NC(=O)CNC(=O)CN)CC3. The number of carbonyl (C=O) groups excluding carboxylic acids is 6. The van der Waals surface area contributed by atoms with E-state index >= 15 is 4.39 Å². The first-order valence-electron chi connectivity index (χ1n) is 20.1. The molecule has 2 aliphatic heterocycles. The van der Waals surface area contributed by atoms with Crippen LogP contribution in [0.25, 0.3) is 22.3 Å². The fraction of sp³-hybridized carbons (Fsp3) is 0.395. The van der Waals surface area contributed by atoms with Crippen LogP contribution in [-0.2, 0) is 65.1 Å². The van der Waals surface area contributed by atoms with Gasteiger partial charge in [0.15, 0.2) is 5.60 Å². The number of aliphatic hydroxyl groups is 1. The predicted octanol–water partition coefficient (Wildman–Crippen LogP) is 0.302. The number of aryl methyl sites for hydroxylation is 1. The van der Waals surface area contributed by atoms with E-state index in [1.165, 1.54) is 10.6 Å². The number of hydrogen-bond acceptors (Lipinski definition) is 11. The first kappa shape index (κ1) is 42.6. The molecule has 8 N–H and O–H groups in total. The van der Waals surface area contributed by atoms with E-state index in [2.05, 4.69) is 26.6 Å². The highest BCUT2D eigenvalue weighted by Crippen LogP contribution is 2.46. The molecule has 0 unspecified atom stereocenters. The first-order valence-corrected chi connectivity index (χ1v) is 20.1. The van der Waals surface area contributed by atoms with Crippen LogP contribution < -0.4 is 37.9 Å². The fourth-order valence-corrected chi connectivity index (χ4v) is 8.28. The number of nitrogens with one attached hydrogen (secondary N) is 5. The normalized spacial score (nSPS) is 18.1. The molecule has 4 aromatic rings. The van der Waals surface area contributed by atoms with Crippen LogP contribution in [0.2, 0.25) is 0 Å². The molecule has 2 aromatic carbocycles. The van der Waals surface area contributed by atoms with Gasteiger partial charge in [-0.1, -0.05) is 44.2 Å². The van der Waals surface area contributed by atoms with Crippen LogP contribution >= 0.6 is 0 Å². The summed E-state index contributed by atoms with van der Waals surface area (Å²) >= 11 is 0. The molecule has 17 nitrogen and oxygen atoms in total. The zero-order chi connectivity index (χ0) is 43.7. The molecule has 0 bridgehead atoms. The highest BCUT2D eigenvalue weighted by Gasteiger charge is 2.46. The number of rotatable bonds is 14. The lowest BCUT2D eigenvalue weighted by Gasteiger charge is -2.31. The summed E-state index contributed by atoms with van der Waals surface area (Å²) in [5.74, 6) is -4.83. The number of nitrogens with zero attached hydrogens (tertiary/aromatic N) is 2. The van der Waals surface area contributed by atoms with Gasteiger partial charge in [-0.3, -0.25) is 28.8 Å². The van der Waals surface area contributed by atoms with Gasteiger partial charge in [-0.25, -0.2) is 14.2 Å². The summed E-state index contributed by atoms with van der Waals surface area (Å²) in [6.07, 6.45) is 0.910. The van der Waals surface area contributed by atoms with E-state index in [9.17, 15) is 38.7 Å². The maximum Gasteiger partial charge on any atom is 0.343 e. The quantitative estimate of drug-likeness (QED) is 0.0750. The van der Waals surface area contributed by atoms with Crippen LogP contribution in [0.5, 0.6) is 0 Å². The van der Waals surface area contributed by atoms with E-state index in [0.29, 0.717) is 51.8 Å². The summed E-state index contributed by atoms with van der Waals surface area (Å²) in [6.45, 7) is 3.47. The molecule has 0 spiro atoms. The van der Waals surface area contributed by atoms with Gasteiger partial charge in [-0.05, 0) is 54.5 Å². The van der Waals surface area contributed by atoms with Crippen LogP contribution in [-0.4, -0.2) is 82.4 Å². The Labute approximate surface area is 349 Å². The second kappa shape index (κ2) is 17.2. The number of aromatic nitrogens is 2. The average molecular weight is 839 g/mol. The Morgan fingerprint density at radius 3 is 2.46 bits per heavy atom. The molecular formula is C43H47FN8O9. The molecule has 7 rings (SSSR count). The molecule has 0 saturated heterocycles. The van der Waals surface area contributed by atoms with Crippen LogP contribution in [0.3, 0.4) is 0 Å². The minimum Gasteiger partial charge on any atom is -0.458 e. The zero-order valence-corrected chi connectivity index (χ0v) is 33.9. The first-order chi connectivity index (χ1) is 29.1. The smallest absolute Gasteiger partial charge is 0.343 e. The van der Waals surface area contributed by atoms with E-state index in [1.54, 1.807) is 57.2 Å². The van der Waals surface area contributed by atoms with Crippen molar-refractivity contribution in [2.24, 2.45) is 11.7 Å². The van der Waals surface area contributed by atoms with Gasteiger partial charge in [0, 0.05) is 35.5 Å². The number of fused-ring (bicyclic) bond motifs is 5. The molecule has 320 valence electrons. The topological polar surface area (TPSA) is 253 Å². The van der Waals surface area contributed by atoms with Crippen LogP contribution in [0.4, 0.5) is 4.39 Å². The lowest BCUT2D eigenvalue weighted by atomic mass is 9.81. The molecule has 1 aliphatic carbocycles. The summed E-state index contributed by atoms with van der Waals surface area (Å²) in [5, 5.41) is 25.3. The number of amides is 5. The number of carbonyl (C=O) groups is 6. The van der Waals surface area contributed by atoms with E-state index in [1.807, 2.05) is 0 Å². The van der Waals surface area contributed by atoms with Crippen molar-refractivity contribution in [2.45, 2.75) is 77.3 Å². The van der Waals surface area contributed by atoms with Crippen molar-refractivity contribution in [3.05, 3.63) is 97.6 Å². The second-order valence-electron chi connectivity index (χ2n) is 15.6. The molecule has 0 fully saturated rings. The molecule has 4 heterocycles. The third kappa shape index (κ3) is 8.20. The van der Waals surface area contributed by atoms with Crippen molar-refractivity contribution in [1.82, 2.24) is 36.1 Å². The number of benzene rings is 2. The molecule has 0 radical (unpaired) electrons. The van der Waals surface area contributed by atoms with Crippen LogP contribution in [0, 0.1) is 18.7 Å². The van der Waals surface area contributed by atoms with Gasteiger partial charge in [-0.2, -0.15) is 0 Å². The van der Waals surface area contributed by atoms with Crippen molar-refractivity contribution in [1.29, 1.82) is 0 Å². The van der Waals surface area contributed by atoms with Gasteiger partial charge in [0.05, 0.1) is 60.6 Å². The Morgan fingerprint density at radius 2 is 1.74 bits per heavy atom. The highest BCUT2D eigenvalue weighted by atomic mass is 19.1. The van der Waals surface area contributed by atoms with Crippen molar-refractivity contribution >= 4 is 46.4 Å². The third-order valence-electron chi connectivity index (χ3n) is 11.7. The van der Waals surface area contributed by atoms with Crippen molar-refractivity contribution in [3.63, 3.8) is 0 Å². The number of esters is 1. The van der Waals surface area contributed by atoms with Gasteiger partial charge in [-0.15, -0.1) is 0 Å². The fourth-order valence-electron chi connectivity index (χ4n) is 8.28. The summed E-state index contributed by atoms with van der Waals surface area (Å²) in [4.78, 5) is 95.5. The standard InChI is InChI=1S/C43H47FN8O9/c1-4-43(60)27-13-32-38-25(19-52(32)41(58)26(27)20-61-42(43)59)37-29(11-10-24-22(3)28(44)14-30(50-38)36(24)37)51-39(56)21(2)16-46-34(54)17-48-40(57)31(12-23-8-6-5-7-9-23)49-35(55)18-47-33(53)15-45/h5-9,13-14,21,29,31,60H,4,10-12,15-20,45H2,1-3H3,(H,46,54)(H,47,53)(H,48,57)(H,49,55)(H,51,56)/t21-,29-,31-,43-/m0/s1. The zero-order valence-electron chi connectivity index (χ0n) is 33.9. The van der Waals surface area contributed by atoms with Crippen molar-refractivity contribution in [2.75, 3.05) is 26.2 Å². The monoisotopic (exact) mass is 838 g/mol. The molecule has 5 amide bonds. The predicted molar refractivity (Wildman–Crippen MR) is 218 cm³/mol. The summed E-state index contributed by atoms with van der Waals surface area (Å²) in [6, 6.07) is 10.2. The Bertz CT molecular complexity index is 2540. The van der Waals surface area contributed by atoms with E-state index in [0.717, 1.165) is 11.1 Å². The average Bonchev–Trinajstić information content (AvgIpc) is 3.63. The highest BCUT2D eigenvalue weighted by molar-refractivity contribution is 5.95. The van der Waals surface area contributed by atoms with Crippen molar-refractivity contribution < 1.29 is 43.0 Å². The molecule has 2 aromatic heterocycles. The van der Waals surface area contributed by atoms with Gasteiger partial charge in [0.1, 0.15) is 18.5 Å². The maximum absolute atomic E-state index is 15.3. The van der Waals surface area contributed by atoms with Crippen LogP contribution in [0.1, 0.15) is 71.7 Å². The van der Waals surface area contributed by atoms with Gasteiger partial charge >= 0.3 is 5.97 Å². The largest absolute Gasteiger partial charge is 0.458 e. The van der Waals surface area contributed by atoms with Gasteiger partial charge in [0.2, 0.25) is 29.5 Å². The maximum atomic E-state index is 15.3. The second-order valence-corrected chi connectivity index (χ2v) is 15.6. The summed E-state index contributed by atoms with van der Waals surface area (Å²) in [7, 11) is 0. The Balaban J connectivity index is 1.05. The number of ether oxygens (including phenoxy) is 1. The lowest BCUT2D eigenvalue weighted by molar-refractivity contribution is -0.172. The Morgan fingerprint density at radius 1 is 1.00 bits per heavy atom. The van der Waals surface area contributed by atoms with E-state index < -0.39 is 83.6 Å². The summed E-state index contributed by atoms with van der Waals surface area (Å²) in [5.41, 5.74) is 7.44. The number of hydrogen-bond donors (Lipinski definition) is 7. The number of nitrogens with two attached hydrogens (primary N) is 1. The Hall–Kier alpha value is -6.53. The van der Waals surface area contributed by atoms with Crippen molar-refractivity contribution in [3.8, 4) is 11.4 Å². The number of halogens is 1. The van der Waals surface area contributed by atoms with Crippen LogP contribution in [0.15, 0.2) is 47.3 Å². The Kier molecular flexibility index (Phi) is 12.0. The molecule has 3 aliphatic rings. The lowest BCUT2D eigenvalue weighted by Crippen LogP contribution is -2.52. The van der Waals surface area contributed by atoms with E-state index in [4.69, 9.17) is 15.5 Å². The molecule has 18 heteroatoms. The molecule has 0 saturated carbocycles. The number of cyclic esters (lactones) is 1. The number of pyridine rings is 2. The minimum atomic E-state index is -2.03. The third-order valence-corrected chi connectivity index (χ3v) is 11.7. The molecular weight excluding hydrogens is 792 g/mol. The summed E-state index contributed by atoms with van der Waals surface area (Å²) < 4.78 is 22.0.